The lowest BCUT2D eigenvalue weighted by Gasteiger charge is -2.39. The quantitative estimate of drug-likeness (QED) is 0.498. The zero-order valence-corrected chi connectivity index (χ0v) is 21.3. The van der Waals surface area contributed by atoms with Gasteiger partial charge in [0.2, 0.25) is 0 Å². The summed E-state index contributed by atoms with van der Waals surface area (Å²) >= 11 is 0. The lowest BCUT2D eigenvalue weighted by atomic mass is 9.78. The predicted octanol–water partition coefficient (Wildman–Crippen LogP) is 6.53. The van der Waals surface area contributed by atoms with Crippen molar-refractivity contribution in [2.45, 2.75) is 106 Å². The minimum absolute atomic E-state index is 0.0742. The number of esters is 2. The Morgan fingerprint density at radius 3 is 2.06 bits per heavy atom. The van der Waals surface area contributed by atoms with Gasteiger partial charge < -0.3 is 9.47 Å². The first-order valence-corrected chi connectivity index (χ1v) is 11.5. The molecule has 4 heteroatoms. The Balaban J connectivity index is 2.07. The van der Waals surface area contributed by atoms with Crippen LogP contribution in [0.25, 0.3) is 0 Å². The van der Waals surface area contributed by atoms with Crippen LogP contribution >= 0.6 is 0 Å². The van der Waals surface area contributed by atoms with Crippen LogP contribution in [0.1, 0.15) is 104 Å². The molecular weight excluding hydrogens is 388 g/mol. The van der Waals surface area contributed by atoms with Crippen molar-refractivity contribution in [3.8, 4) is 0 Å². The van der Waals surface area contributed by atoms with Crippen LogP contribution in [0.2, 0.25) is 0 Å². The van der Waals surface area contributed by atoms with Gasteiger partial charge in [0.15, 0.2) is 0 Å². The van der Waals surface area contributed by atoms with Gasteiger partial charge in [0, 0.05) is 5.41 Å². The van der Waals surface area contributed by atoms with Crippen LogP contribution in [0.5, 0.6) is 0 Å². The van der Waals surface area contributed by atoms with Gasteiger partial charge in [-0.3, -0.25) is 4.79 Å². The van der Waals surface area contributed by atoms with Crippen LogP contribution in [0.4, 0.5) is 0 Å². The van der Waals surface area contributed by atoms with Crippen LogP contribution in [-0.4, -0.2) is 23.1 Å². The van der Waals surface area contributed by atoms with E-state index in [2.05, 4.69) is 41.5 Å². The van der Waals surface area contributed by atoms with E-state index in [1.807, 2.05) is 45.9 Å². The van der Waals surface area contributed by atoms with Crippen molar-refractivity contribution < 1.29 is 19.1 Å². The van der Waals surface area contributed by atoms with E-state index in [1.54, 1.807) is 0 Å². The Morgan fingerprint density at radius 2 is 1.52 bits per heavy atom. The van der Waals surface area contributed by atoms with Gasteiger partial charge in [0.25, 0.3) is 0 Å². The maximum absolute atomic E-state index is 12.8. The fraction of sp³-hybridized carbons (Fsp3) is 0.704. The summed E-state index contributed by atoms with van der Waals surface area (Å²) in [4.78, 5) is 25.6. The van der Waals surface area contributed by atoms with Gasteiger partial charge in [-0.2, -0.15) is 0 Å². The first-order valence-electron chi connectivity index (χ1n) is 11.5. The number of rotatable bonds is 5. The van der Waals surface area contributed by atoms with Crippen LogP contribution < -0.4 is 0 Å². The minimum Gasteiger partial charge on any atom is -0.459 e. The number of benzene rings is 1. The van der Waals surface area contributed by atoms with E-state index >= 15 is 0 Å². The number of hydrogen-bond acceptors (Lipinski definition) is 4. The Morgan fingerprint density at radius 1 is 0.903 bits per heavy atom. The first kappa shape index (κ1) is 25.4. The first-order chi connectivity index (χ1) is 13.9. The number of fused-ring (bicyclic) bond motifs is 1. The van der Waals surface area contributed by atoms with Gasteiger partial charge in [-0.15, -0.1) is 0 Å². The molecule has 2 rings (SSSR count). The Hall–Kier alpha value is -1.84. The van der Waals surface area contributed by atoms with Gasteiger partial charge in [-0.05, 0) is 82.1 Å². The summed E-state index contributed by atoms with van der Waals surface area (Å²) in [6.45, 7) is 20.6. The van der Waals surface area contributed by atoms with E-state index < -0.39 is 11.2 Å². The van der Waals surface area contributed by atoms with Crippen LogP contribution in [0, 0.1) is 16.7 Å². The molecule has 0 spiro atoms. The lowest BCUT2D eigenvalue weighted by molar-refractivity contribution is -0.172. The average molecular weight is 431 g/mol. The van der Waals surface area contributed by atoms with Crippen molar-refractivity contribution in [1.82, 2.24) is 0 Å². The van der Waals surface area contributed by atoms with Crippen molar-refractivity contribution >= 4 is 11.9 Å². The molecule has 1 aliphatic carbocycles. The molecule has 0 bridgehead atoms. The van der Waals surface area contributed by atoms with Crippen molar-refractivity contribution in [2.24, 2.45) is 16.7 Å². The van der Waals surface area contributed by atoms with Crippen molar-refractivity contribution in [2.75, 3.05) is 0 Å². The molecule has 1 aliphatic rings. The second-order valence-corrected chi connectivity index (χ2v) is 12.5. The van der Waals surface area contributed by atoms with Crippen LogP contribution in [0.3, 0.4) is 0 Å². The summed E-state index contributed by atoms with van der Waals surface area (Å²) in [6, 6.07) is 5.73. The van der Waals surface area contributed by atoms with E-state index in [0.29, 0.717) is 12.0 Å². The summed E-state index contributed by atoms with van der Waals surface area (Å²) in [5, 5.41) is 0. The molecule has 0 amide bonds. The summed E-state index contributed by atoms with van der Waals surface area (Å²) < 4.78 is 11.7. The van der Waals surface area contributed by atoms with E-state index in [4.69, 9.17) is 9.47 Å². The summed E-state index contributed by atoms with van der Waals surface area (Å²) in [6.07, 6.45) is 2.93. The van der Waals surface area contributed by atoms with Gasteiger partial charge in [-0.1, -0.05) is 47.6 Å². The summed E-state index contributed by atoms with van der Waals surface area (Å²) in [5.74, 6) is -0.554. The number of carbonyl (C=O) groups excluding carboxylic acids is 2. The van der Waals surface area contributed by atoms with E-state index in [0.717, 1.165) is 30.4 Å². The van der Waals surface area contributed by atoms with Gasteiger partial charge in [0.05, 0.1) is 11.5 Å². The van der Waals surface area contributed by atoms with Crippen molar-refractivity contribution in [3.63, 3.8) is 0 Å². The number of aryl methyl sites for hydroxylation is 1. The Bertz CT molecular complexity index is 819. The third kappa shape index (κ3) is 6.82. The molecule has 174 valence electrons. The zero-order chi connectivity index (χ0) is 23.8. The molecule has 0 saturated heterocycles. The molecule has 0 radical (unpaired) electrons. The Kier molecular flexibility index (Phi) is 7.05. The maximum atomic E-state index is 12.8. The van der Waals surface area contributed by atoms with Gasteiger partial charge in [0.1, 0.15) is 11.2 Å². The molecule has 31 heavy (non-hydrogen) atoms. The molecule has 1 unspecified atom stereocenters. The average Bonchev–Trinajstić information content (AvgIpc) is 2.56. The second-order valence-electron chi connectivity index (χ2n) is 12.5. The molecule has 0 saturated carbocycles. The third-order valence-corrected chi connectivity index (χ3v) is 6.49. The fourth-order valence-corrected chi connectivity index (χ4v) is 4.19. The van der Waals surface area contributed by atoms with Crippen molar-refractivity contribution in [3.05, 3.63) is 34.9 Å². The van der Waals surface area contributed by atoms with Crippen molar-refractivity contribution in [1.29, 1.82) is 0 Å². The monoisotopic (exact) mass is 430 g/mol. The topological polar surface area (TPSA) is 52.6 Å². The molecule has 0 fully saturated rings. The van der Waals surface area contributed by atoms with E-state index in [1.165, 1.54) is 0 Å². The van der Waals surface area contributed by atoms with E-state index in [9.17, 15) is 9.59 Å². The standard InChI is InChI=1S/C27H42O4/c1-24(2,3)17-26(7,8)30-22(28)20-13-11-19-16-21(14-12-18(19)15-20)23(29)31-27(9,10)25(4,5)6/h11,13,15,21H,12,14,16-17H2,1-10H3. The maximum Gasteiger partial charge on any atom is 0.338 e. The molecule has 4 nitrogen and oxygen atoms in total. The predicted molar refractivity (Wildman–Crippen MR) is 125 cm³/mol. The van der Waals surface area contributed by atoms with Gasteiger partial charge in [-0.25, -0.2) is 4.79 Å². The minimum atomic E-state index is -0.530. The SMILES string of the molecule is CC(C)(C)CC(C)(C)OC(=O)c1ccc2c(c1)CCC(C(=O)OC(C)(C)C(C)(C)C)C2. The molecule has 0 aromatic heterocycles. The molecule has 0 aliphatic heterocycles. The summed E-state index contributed by atoms with van der Waals surface area (Å²) in [7, 11) is 0. The smallest absolute Gasteiger partial charge is 0.338 e. The Labute approximate surface area is 189 Å². The highest BCUT2D eigenvalue weighted by atomic mass is 16.6. The lowest BCUT2D eigenvalue weighted by Crippen LogP contribution is -2.43. The number of hydrogen-bond donors (Lipinski definition) is 0. The summed E-state index contributed by atoms with van der Waals surface area (Å²) in [5.41, 5.74) is 1.71. The third-order valence-electron chi connectivity index (χ3n) is 6.49. The highest BCUT2D eigenvalue weighted by Crippen LogP contribution is 2.36. The second kappa shape index (κ2) is 8.60. The molecule has 1 atom stereocenters. The molecule has 0 N–H and O–H groups in total. The highest BCUT2D eigenvalue weighted by Gasteiger charge is 2.39. The molecular formula is C27H42O4. The normalized spacial score (nSPS) is 17.7. The van der Waals surface area contributed by atoms with Gasteiger partial charge >= 0.3 is 11.9 Å². The number of carbonyl (C=O) groups is 2. The molecule has 1 aromatic rings. The fourth-order valence-electron chi connectivity index (χ4n) is 4.19. The molecule has 1 aromatic carbocycles. The van der Waals surface area contributed by atoms with Crippen LogP contribution in [-0.2, 0) is 27.1 Å². The van der Waals surface area contributed by atoms with Crippen LogP contribution in [0.15, 0.2) is 18.2 Å². The largest absolute Gasteiger partial charge is 0.459 e. The zero-order valence-electron chi connectivity index (χ0n) is 21.3. The number of ether oxygens (including phenoxy) is 2. The molecule has 0 heterocycles. The van der Waals surface area contributed by atoms with E-state index in [-0.39, 0.29) is 28.7 Å². The highest BCUT2D eigenvalue weighted by molar-refractivity contribution is 5.90.